The van der Waals surface area contributed by atoms with Gasteiger partial charge in [-0.3, -0.25) is 19.0 Å². The first kappa shape index (κ1) is 8.71. The average molecular weight is 290 g/mol. The molecule has 1 aromatic heterocycles. The van der Waals surface area contributed by atoms with Crippen LogP contribution in [0.3, 0.4) is 0 Å². The second kappa shape index (κ2) is 4.80. The van der Waals surface area contributed by atoms with E-state index in [1.165, 1.54) is 12.1 Å². The summed E-state index contributed by atoms with van der Waals surface area (Å²) in [5.74, 6) is -1.79. The highest BCUT2D eigenvalue weighted by molar-refractivity contribution is 6.03. The van der Waals surface area contributed by atoms with Crippen LogP contribution in [0.2, 0.25) is 0 Å². The molecule has 2 aromatic rings. The Kier molecular flexibility index (Phi) is 1.99. The fraction of sp³-hybridized carbons (Fsp3) is 0.333. The molecule has 1 fully saturated rings. The maximum Gasteiger partial charge on any atom is 0.264 e. The lowest BCUT2D eigenvalue weighted by atomic mass is 9.92. The van der Waals surface area contributed by atoms with Gasteiger partial charge >= 0.3 is 0 Å². The lowest BCUT2D eigenvalue weighted by Crippen LogP contribution is -2.36. The van der Waals surface area contributed by atoms with Crippen molar-refractivity contribution in [1.82, 2.24) is 9.55 Å². The number of aromatic nitrogens is 2. The van der Waals surface area contributed by atoms with E-state index in [1.54, 1.807) is 0 Å². The van der Waals surface area contributed by atoms with Crippen molar-refractivity contribution >= 4 is 28.2 Å². The SMILES string of the molecule is [2H]c1ccc2nc(C([2H])([2H])[2H])n(C3C(=O)CC(=O)CC3[2H])c(=O)c2c1N. The van der Waals surface area contributed by atoms with E-state index in [0.717, 1.165) is 0 Å². The van der Waals surface area contributed by atoms with Gasteiger partial charge in [-0.25, -0.2) is 4.98 Å². The zero-order valence-electron chi connectivity index (χ0n) is 15.9. The molecule has 1 heterocycles. The molecule has 0 radical (unpaired) electrons. The summed E-state index contributed by atoms with van der Waals surface area (Å²) in [5.41, 5.74) is 4.70. The van der Waals surface area contributed by atoms with E-state index in [-0.39, 0.29) is 29.1 Å². The summed E-state index contributed by atoms with van der Waals surface area (Å²) in [6.07, 6.45) is -2.05. The number of anilines is 1. The number of hydrogen-bond donors (Lipinski definition) is 1. The van der Waals surface area contributed by atoms with E-state index in [4.69, 9.17) is 12.6 Å². The Balaban J connectivity index is 2.41. The number of aryl methyl sites for hydroxylation is 1. The van der Waals surface area contributed by atoms with Gasteiger partial charge in [0.1, 0.15) is 11.6 Å². The van der Waals surface area contributed by atoms with Crippen molar-refractivity contribution in [2.75, 3.05) is 5.73 Å². The van der Waals surface area contributed by atoms with Gasteiger partial charge in [0.2, 0.25) is 0 Å². The number of hydrogen-bond acceptors (Lipinski definition) is 5. The summed E-state index contributed by atoms with van der Waals surface area (Å²) >= 11 is 0. The number of nitrogens with zero attached hydrogens (tertiary/aromatic N) is 2. The van der Waals surface area contributed by atoms with Gasteiger partial charge in [-0.1, -0.05) is 6.07 Å². The molecule has 0 spiro atoms. The Morgan fingerprint density at radius 3 is 3.05 bits per heavy atom. The molecule has 6 nitrogen and oxygen atoms in total. The van der Waals surface area contributed by atoms with Gasteiger partial charge < -0.3 is 5.73 Å². The molecule has 3 rings (SSSR count). The van der Waals surface area contributed by atoms with Gasteiger partial charge in [-0.15, -0.1) is 0 Å². The fourth-order valence-electron chi connectivity index (χ4n) is 2.46. The topological polar surface area (TPSA) is 95.0 Å². The van der Waals surface area contributed by atoms with Crippen molar-refractivity contribution < 1.29 is 16.4 Å². The molecule has 2 atom stereocenters. The van der Waals surface area contributed by atoms with Gasteiger partial charge in [0.05, 0.1) is 24.7 Å². The van der Waals surface area contributed by atoms with Crippen LogP contribution in [-0.4, -0.2) is 21.1 Å². The van der Waals surface area contributed by atoms with E-state index in [1.807, 2.05) is 0 Å². The van der Waals surface area contributed by atoms with E-state index in [9.17, 15) is 14.4 Å². The summed E-state index contributed by atoms with van der Waals surface area (Å²) in [6.45, 7) is -2.83. The number of benzene rings is 1. The lowest BCUT2D eigenvalue weighted by Gasteiger charge is -2.24. The Labute approximate surface area is 127 Å². The van der Waals surface area contributed by atoms with Gasteiger partial charge in [0, 0.05) is 17.6 Å². The van der Waals surface area contributed by atoms with Gasteiger partial charge in [0.15, 0.2) is 5.78 Å². The molecule has 0 amide bonds. The predicted molar refractivity (Wildman–Crippen MR) is 78.1 cm³/mol. The largest absolute Gasteiger partial charge is 0.398 e. The first-order chi connectivity index (χ1) is 12.0. The first-order valence-electron chi connectivity index (χ1n) is 8.88. The monoisotopic (exact) mass is 290 g/mol. The number of carbonyl (C=O) groups is 2. The minimum absolute atomic E-state index is 0.00765. The highest BCUT2D eigenvalue weighted by atomic mass is 16.2. The van der Waals surface area contributed by atoms with Crippen molar-refractivity contribution in [2.45, 2.75) is 32.1 Å². The molecular formula is C15H15N3O3. The third-order valence-electron chi connectivity index (χ3n) is 3.44. The van der Waals surface area contributed by atoms with Gasteiger partial charge in [0.25, 0.3) is 5.56 Å². The molecule has 108 valence electrons. The third-order valence-corrected chi connectivity index (χ3v) is 3.44. The highest BCUT2D eigenvalue weighted by Gasteiger charge is 2.30. The summed E-state index contributed by atoms with van der Waals surface area (Å²) in [6, 6.07) is 1.01. The van der Waals surface area contributed by atoms with Crippen molar-refractivity contribution in [3.63, 3.8) is 0 Å². The molecule has 0 bridgehead atoms. The first-order valence-corrected chi connectivity index (χ1v) is 6.31. The normalized spacial score (nSPS) is 26.8. The number of nitrogen functional groups attached to an aromatic ring is 1. The molecule has 0 aliphatic heterocycles. The van der Waals surface area contributed by atoms with Gasteiger partial charge in [-0.2, -0.15) is 0 Å². The van der Waals surface area contributed by atoms with Crippen molar-refractivity contribution in [3.8, 4) is 0 Å². The van der Waals surface area contributed by atoms with Crippen LogP contribution in [0.25, 0.3) is 10.9 Å². The predicted octanol–water partition coefficient (Wildman–Crippen LogP) is 1.15. The minimum atomic E-state index is -2.83. The second-order valence-electron chi connectivity index (χ2n) is 4.83. The minimum Gasteiger partial charge on any atom is -0.398 e. The van der Waals surface area contributed by atoms with E-state index in [0.29, 0.717) is 4.57 Å². The summed E-state index contributed by atoms with van der Waals surface area (Å²) in [7, 11) is 0. The maximum absolute atomic E-state index is 13.0. The van der Waals surface area contributed by atoms with Crippen LogP contribution in [0, 0.1) is 6.85 Å². The molecule has 1 aliphatic rings. The Hall–Kier alpha value is -2.50. The summed E-state index contributed by atoms with van der Waals surface area (Å²) < 4.78 is 39.5. The van der Waals surface area contributed by atoms with Crippen LogP contribution in [0.1, 0.15) is 38.0 Å². The zero-order valence-corrected chi connectivity index (χ0v) is 10.9. The molecule has 1 saturated carbocycles. The van der Waals surface area contributed by atoms with Crippen LogP contribution in [0.15, 0.2) is 23.0 Å². The standard InChI is InChI=1S/C15H15N3O3/c1-8-17-11-4-2-3-10(16)14(11)15(21)18(8)12-6-5-9(19)7-13(12)20/h2-4,12H,5-7,16H2,1H3/i1D3,3D,6D. The smallest absolute Gasteiger partial charge is 0.264 e. The van der Waals surface area contributed by atoms with Crippen LogP contribution in [0.5, 0.6) is 0 Å². The number of nitrogens with two attached hydrogens (primary N) is 1. The Morgan fingerprint density at radius 2 is 2.33 bits per heavy atom. The number of ketones is 2. The molecule has 2 N–H and O–H groups in total. The molecule has 0 saturated heterocycles. The van der Waals surface area contributed by atoms with Gasteiger partial charge in [-0.05, 0) is 25.4 Å². The zero-order chi connectivity index (χ0) is 19.4. The van der Waals surface area contributed by atoms with E-state index >= 15 is 0 Å². The number of Topliss-reactive ketones (excluding diaryl/α,β-unsaturated/α-hetero) is 2. The molecule has 1 aromatic carbocycles. The number of rotatable bonds is 1. The Bertz CT molecular complexity index is 999. The molecule has 1 aliphatic carbocycles. The lowest BCUT2D eigenvalue weighted by molar-refractivity contribution is -0.132. The fourth-order valence-corrected chi connectivity index (χ4v) is 2.46. The van der Waals surface area contributed by atoms with Crippen molar-refractivity contribution in [3.05, 3.63) is 34.4 Å². The van der Waals surface area contributed by atoms with Crippen LogP contribution in [0.4, 0.5) is 5.69 Å². The third kappa shape index (κ3) is 2.12. The molecule has 2 unspecified atom stereocenters. The summed E-state index contributed by atoms with van der Waals surface area (Å²) in [4.78, 5) is 40.9. The molecular weight excluding hydrogens is 270 g/mol. The van der Waals surface area contributed by atoms with E-state index < -0.39 is 48.7 Å². The highest BCUT2D eigenvalue weighted by Crippen LogP contribution is 2.24. The summed E-state index contributed by atoms with van der Waals surface area (Å²) in [5, 5.41) is -0.178. The van der Waals surface area contributed by atoms with Crippen molar-refractivity contribution in [2.24, 2.45) is 0 Å². The number of fused-ring (bicyclic) bond motifs is 1. The Morgan fingerprint density at radius 1 is 1.52 bits per heavy atom. The number of carbonyl (C=O) groups excluding carboxylic acids is 2. The maximum atomic E-state index is 13.0. The van der Waals surface area contributed by atoms with Crippen molar-refractivity contribution in [1.29, 1.82) is 0 Å². The molecule has 6 heteroatoms. The van der Waals surface area contributed by atoms with Crippen LogP contribution < -0.4 is 11.3 Å². The van der Waals surface area contributed by atoms with Crippen LogP contribution in [-0.2, 0) is 9.59 Å². The second-order valence-corrected chi connectivity index (χ2v) is 4.83. The quantitative estimate of drug-likeness (QED) is 0.628. The van der Waals surface area contributed by atoms with Crippen LogP contribution >= 0.6 is 0 Å². The average Bonchev–Trinajstić information content (AvgIpc) is 2.50. The van der Waals surface area contributed by atoms with E-state index in [2.05, 4.69) is 4.98 Å². The molecule has 21 heavy (non-hydrogen) atoms.